The van der Waals surface area contributed by atoms with Crippen molar-refractivity contribution < 1.29 is 5.21 Å². The van der Waals surface area contributed by atoms with E-state index in [2.05, 4.69) is 5.16 Å². The third-order valence-electron chi connectivity index (χ3n) is 2.97. The molecule has 0 spiro atoms. The minimum atomic E-state index is 0.352. The van der Waals surface area contributed by atoms with Crippen molar-refractivity contribution in [3.8, 4) is 0 Å². The lowest BCUT2D eigenvalue weighted by Crippen LogP contribution is -2.14. The lowest BCUT2D eigenvalue weighted by Gasteiger charge is -2.18. The molecule has 0 bridgehead atoms. The van der Waals surface area contributed by atoms with E-state index in [9.17, 15) is 0 Å². The highest BCUT2D eigenvalue weighted by Gasteiger charge is 2.43. The summed E-state index contributed by atoms with van der Waals surface area (Å²) >= 11 is 5.73. The van der Waals surface area contributed by atoms with Crippen LogP contribution in [0.5, 0.6) is 0 Å². The van der Waals surface area contributed by atoms with Gasteiger partial charge in [0.05, 0.1) is 0 Å². The van der Waals surface area contributed by atoms with Crippen LogP contribution < -0.4 is 0 Å². The normalized spacial score (nSPS) is 43.4. The van der Waals surface area contributed by atoms with Crippen LogP contribution in [0.3, 0.4) is 0 Å². The second kappa shape index (κ2) is 2.67. The summed E-state index contributed by atoms with van der Waals surface area (Å²) in [5.41, 5.74) is 0. The van der Waals surface area contributed by atoms with E-state index in [0.29, 0.717) is 11.1 Å². The molecule has 62 valence electrons. The van der Waals surface area contributed by atoms with E-state index in [-0.39, 0.29) is 0 Å². The maximum absolute atomic E-state index is 8.44. The fourth-order valence-corrected chi connectivity index (χ4v) is 2.35. The first kappa shape index (κ1) is 7.41. The molecule has 0 aliphatic heterocycles. The molecular formula is C8H12ClNO. The Kier molecular flexibility index (Phi) is 1.80. The van der Waals surface area contributed by atoms with Crippen molar-refractivity contribution in [3.05, 3.63) is 0 Å². The van der Waals surface area contributed by atoms with Crippen molar-refractivity contribution in [2.45, 2.75) is 25.7 Å². The third-order valence-corrected chi connectivity index (χ3v) is 3.36. The van der Waals surface area contributed by atoms with Crippen LogP contribution in [0.2, 0.25) is 0 Å². The topological polar surface area (TPSA) is 32.6 Å². The summed E-state index contributed by atoms with van der Waals surface area (Å²) in [5.74, 6) is 2.23. The molecule has 3 heteroatoms. The van der Waals surface area contributed by atoms with E-state index in [0.717, 1.165) is 24.7 Å². The molecule has 2 rings (SSSR count). The lowest BCUT2D eigenvalue weighted by atomic mass is 9.90. The van der Waals surface area contributed by atoms with Gasteiger partial charge in [-0.1, -0.05) is 16.8 Å². The molecule has 2 nitrogen and oxygen atoms in total. The van der Waals surface area contributed by atoms with E-state index < -0.39 is 0 Å². The summed E-state index contributed by atoms with van der Waals surface area (Å²) in [6.07, 6.45) is 4.92. The molecule has 0 aromatic heterocycles. The number of hydrogen-bond acceptors (Lipinski definition) is 2. The Bertz CT molecular complexity index is 193. The van der Waals surface area contributed by atoms with Gasteiger partial charge in [-0.05, 0) is 37.5 Å². The van der Waals surface area contributed by atoms with Gasteiger partial charge in [-0.25, -0.2) is 0 Å². The van der Waals surface area contributed by atoms with E-state index in [1.165, 1.54) is 12.8 Å². The Labute approximate surface area is 71.2 Å². The van der Waals surface area contributed by atoms with Crippen molar-refractivity contribution in [1.82, 2.24) is 0 Å². The average molecular weight is 174 g/mol. The zero-order valence-electron chi connectivity index (χ0n) is 6.33. The first-order chi connectivity index (χ1) is 5.31. The molecule has 0 aromatic rings. The van der Waals surface area contributed by atoms with E-state index in [1.54, 1.807) is 0 Å². The molecule has 11 heavy (non-hydrogen) atoms. The predicted molar refractivity (Wildman–Crippen MR) is 44.0 cm³/mol. The highest BCUT2D eigenvalue weighted by Crippen LogP contribution is 2.51. The quantitative estimate of drug-likeness (QED) is 0.369. The van der Waals surface area contributed by atoms with Crippen molar-refractivity contribution >= 4 is 16.8 Å². The third kappa shape index (κ3) is 1.36. The van der Waals surface area contributed by atoms with Crippen LogP contribution >= 0.6 is 11.6 Å². The van der Waals surface area contributed by atoms with E-state index in [4.69, 9.17) is 16.8 Å². The van der Waals surface area contributed by atoms with Crippen LogP contribution in [0.15, 0.2) is 5.16 Å². The summed E-state index contributed by atoms with van der Waals surface area (Å²) < 4.78 is 0. The molecule has 0 radical (unpaired) electrons. The van der Waals surface area contributed by atoms with E-state index in [1.807, 2.05) is 0 Å². The number of oxime groups is 1. The van der Waals surface area contributed by atoms with Crippen LogP contribution in [0.1, 0.15) is 25.7 Å². The predicted octanol–water partition coefficient (Wildman–Crippen LogP) is 2.45. The van der Waals surface area contributed by atoms with Gasteiger partial charge in [-0.2, -0.15) is 0 Å². The van der Waals surface area contributed by atoms with Crippen molar-refractivity contribution in [2.24, 2.45) is 22.9 Å². The minimum absolute atomic E-state index is 0.352. The molecule has 2 aliphatic carbocycles. The van der Waals surface area contributed by atoms with Gasteiger partial charge in [-0.15, -0.1) is 0 Å². The Morgan fingerprint density at radius 2 is 2.09 bits per heavy atom. The number of fused-ring (bicyclic) bond motifs is 1. The average Bonchev–Trinajstić information content (AvgIpc) is 2.80. The molecule has 2 saturated carbocycles. The molecule has 3 unspecified atom stereocenters. The smallest absolute Gasteiger partial charge is 0.148 e. The second-order valence-electron chi connectivity index (χ2n) is 3.69. The number of nitrogens with zero attached hydrogens (tertiary/aromatic N) is 1. The Morgan fingerprint density at radius 3 is 2.73 bits per heavy atom. The highest BCUT2D eigenvalue weighted by atomic mass is 35.5. The van der Waals surface area contributed by atoms with Gasteiger partial charge < -0.3 is 5.21 Å². The van der Waals surface area contributed by atoms with Crippen LogP contribution in [-0.2, 0) is 0 Å². The van der Waals surface area contributed by atoms with Crippen molar-refractivity contribution in [3.63, 3.8) is 0 Å². The van der Waals surface area contributed by atoms with Crippen LogP contribution in [0.4, 0.5) is 0 Å². The van der Waals surface area contributed by atoms with Crippen LogP contribution in [0.25, 0.3) is 0 Å². The van der Waals surface area contributed by atoms with Crippen LogP contribution in [0, 0.1) is 17.8 Å². The SMILES string of the molecule is O/N=C(\Cl)C1CCC2CC2C1. The molecular weight excluding hydrogens is 162 g/mol. The van der Waals surface area contributed by atoms with Gasteiger partial charge in [0.25, 0.3) is 0 Å². The molecule has 3 atom stereocenters. The van der Waals surface area contributed by atoms with Gasteiger partial charge in [0.1, 0.15) is 5.17 Å². The summed E-state index contributed by atoms with van der Waals surface area (Å²) in [5, 5.41) is 11.9. The van der Waals surface area contributed by atoms with Gasteiger partial charge in [0.15, 0.2) is 0 Å². The molecule has 0 aromatic carbocycles. The number of halogens is 1. The number of hydrogen-bond donors (Lipinski definition) is 1. The fraction of sp³-hybridized carbons (Fsp3) is 0.875. The molecule has 2 aliphatic rings. The molecule has 0 saturated heterocycles. The number of rotatable bonds is 1. The summed E-state index contributed by atoms with van der Waals surface area (Å²) in [6, 6.07) is 0. The minimum Gasteiger partial charge on any atom is -0.410 e. The van der Waals surface area contributed by atoms with Gasteiger partial charge in [-0.3, -0.25) is 0 Å². The maximum atomic E-state index is 8.44. The fourth-order valence-electron chi connectivity index (χ4n) is 2.15. The van der Waals surface area contributed by atoms with Crippen LogP contribution in [-0.4, -0.2) is 10.4 Å². The van der Waals surface area contributed by atoms with Crippen molar-refractivity contribution in [1.29, 1.82) is 0 Å². The second-order valence-corrected chi connectivity index (χ2v) is 4.08. The van der Waals surface area contributed by atoms with Gasteiger partial charge >= 0.3 is 0 Å². The molecule has 2 fully saturated rings. The zero-order valence-corrected chi connectivity index (χ0v) is 7.09. The lowest BCUT2D eigenvalue weighted by molar-refractivity contribution is 0.311. The van der Waals surface area contributed by atoms with Gasteiger partial charge in [0, 0.05) is 5.92 Å². The van der Waals surface area contributed by atoms with Crippen molar-refractivity contribution in [2.75, 3.05) is 0 Å². The zero-order chi connectivity index (χ0) is 7.84. The highest BCUT2D eigenvalue weighted by molar-refractivity contribution is 6.65. The van der Waals surface area contributed by atoms with Gasteiger partial charge in [0.2, 0.25) is 0 Å². The van der Waals surface area contributed by atoms with E-state index >= 15 is 0 Å². The molecule has 1 N–H and O–H groups in total. The Balaban J connectivity index is 1.94. The monoisotopic (exact) mass is 173 g/mol. The Hall–Kier alpha value is -0.240. The summed E-state index contributed by atoms with van der Waals surface area (Å²) in [4.78, 5) is 0. The standard InChI is InChI=1S/C8H12ClNO/c9-8(10-11)6-2-1-5-3-7(5)4-6/h5-7,11H,1-4H2/b10-8-. The first-order valence-electron chi connectivity index (χ1n) is 4.18. The maximum Gasteiger partial charge on any atom is 0.148 e. The summed E-state index contributed by atoms with van der Waals surface area (Å²) in [6.45, 7) is 0. The largest absolute Gasteiger partial charge is 0.410 e. The first-order valence-corrected chi connectivity index (χ1v) is 4.56. The molecule has 0 amide bonds. The molecule has 0 heterocycles. The Morgan fingerprint density at radius 1 is 1.27 bits per heavy atom. The summed E-state index contributed by atoms with van der Waals surface area (Å²) in [7, 11) is 0.